The molecule has 0 fully saturated rings. The molecule has 3 aromatic rings. The standard InChI is InChI=1S/C23H24S/c1-15-9-16(2)12-20(11-15)23(19-5-7-22(24)8-6-19)21-13-17(3)10-18(4)14-21/h5-14,23-24H,1-4H3. The highest BCUT2D eigenvalue weighted by Gasteiger charge is 2.18. The molecule has 0 aliphatic carbocycles. The molecule has 0 saturated heterocycles. The van der Waals surface area contributed by atoms with Crippen molar-refractivity contribution in [3.63, 3.8) is 0 Å². The third kappa shape index (κ3) is 3.73. The largest absolute Gasteiger partial charge is 0.143 e. The molecule has 0 atom stereocenters. The lowest BCUT2D eigenvalue weighted by Gasteiger charge is -2.21. The second-order valence-corrected chi connectivity index (χ2v) is 7.38. The summed E-state index contributed by atoms with van der Waals surface area (Å²) in [7, 11) is 0. The molecule has 0 N–H and O–H groups in total. The van der Waals surface area contributed by atoms with Crippen molar-refractivity contribution < 1.29 is 0 Å². The van der Waals surface area contributed by atoms with Gasteiger partial charge in [-0.2, -0.15) is 0 Å². The van der Waals surface area contributed by atoms with Crippen molar-refractivity contribution in [3.8, 4) is 0 Å². The minimum Gasteiger partial charge on any atom is -0.143 e. The van der Waals surface area contributed by atoms with Gasteiger partial charge in [0.15, 0.2) is 0 Å². The van der Waals surface area contributed by atoms with Crippen LogP contribution in [0.3, 0.4) is 0 Å². The molecule has 0 amide bonds. The fourth-order valence-electron chi connectivity index (χ4n) is 3.60. The quantitative estimate of drug-likeness (QED) is 0.417. The van der Waals surface area contributed by atoms with Crippen molar-refractivity contribution in [3.05, 3.63) is 99.6 Å². The first-order valence-electron chi connectivity index (χ1n) is 8.38. The van der Waals surface area contributed by atoms with E-state index < -0.39 is 0 Å². The molecule has 0 aliphatic heterocycles. The van der Waals surface area contributed by atoms with Crippen molar-refractivity contribution in [2.24, 2.45) is 0 Å². The van der Waals surface area contributed by atoms with E-state index >= 15 is 0 Å². The second-order valence-electron chi connectivity index (χ2n) is 6.87. The number of benzene rings is 3. The molecule has 0 aromatic heterocycles. The molecule has 1 heteroatoms. The van der Waals surface area contributed by atoms with Crippen LogP contribution in [-0.2, 0) is 0 Å². The lowest BCUT2D eigenvalue weighted by atomic mass is 9.83. The molecule has 0 aliphatic rings. The van der Waals surface area contributed by atoms with Crippen LogP contribution in [0.15, 0.2) is 65.6 Å². The Morgan fingerprint density at radius 3 is 1.29 bits per heavy atom. The minimum atomic E-state index is 0.246. The molecule has 3 rings (SSSR count). The van der Waals surface area contributed by atoms with E-state index in [-0.39, 0.29) is 5.92 Å². The zero-order valence-corrected chi connectivity index (χ0v) is 15.7. The number of rotatable bonds is 3. The van der Waals surface area contributed by atoms with Gasteiger partial charge in [-0.15, -0.1) is 12.6 Å². The van der Waals surface area contributed by atoms with Crippen LogP contribution < -0.4 is 0 Å². The maximum absolute atomic E-state index is 4.44. The van der Waals surface area contributed by atoms with Crippen LogP contribution in [0, 0.1) is 27.7 Å². The van der Waals surface area contributed by atoms with Gasteiger partial charge >= 0.3 is 0 Å². The summed E-state index contributed by atoms with van der Waals surface area (Å²) in [5.41, 5.74) is 9.25. The van der Waals surface area contributed by atoms with Gasteiger partial charge in [0.1, 0.15) is 0 Å². The zero-order chi connectivity index (χ0) is 17.3. The van der Waals surface area contributed by atoms with Crippen molar-refractivity contribution in [1.29, 1.82) is 0 Å². The molecule has 0 spiro atoms. The molecule has 0 nitrogen and oxygen atoms in total. The summed E-state index contributed by atoms with van der Waals surface area (Å²) in [6.45, 7) is 8.69. The summed E-state index contributed by atoms with van der Waals surface area (Å²) in [5.74, 6) is 0.246. The zero-order valence-electron chi connectivity index (χ0n) is 14.8. The Kier molecular flexibility index (Phi) is 4.82. The average Bonchev–Trinajstić information content (AvgIpc) is 2.47. The first kappa shape index (κ1) is 16.9. The summed E-state index contributed by atoms with van der Waals surface area (Å²) in [4.78, 5) is 0.998. The van der Waals surface area contributed by atoms with Crippen LogP contribution in [0.1, 0.15) is 44.9 Å². The summed E-state index contributed by atoms with van der Waals surface area (Å²) in [6.07, 6.45) is 0. The van der Waals surface area contributed by atoms with Crippen molar-refractivity contribution in [2.45, 2.75) is 38.5 Å². The van der Waals surface area contributed by atoms with E-state index in [0.717, 1.165) is 4.90 Å². The van der Waals surface area contributed by atoms with E-state index in [1.165, 1.54) is 38.9 Å². The number of aryl methyl sites for hydroxylation is 4. The van der Waals surface area contributed by atoms with Gasteiger partial charge in [-0.25, -0.2) is 0 Å². The molecule has 0 saturated carbocycles. The van der Waals surface area contributed by atoms with Crippen molar-refractivity contribution >= 4 is 12.6 Å². The molecule has 0 heterocycles. The van der Waals surface area contributed by atoms with Crippen LogP contribution >= 0.6 is 12.6 Å². The van der Waals surface area contributed by atoms with Gasteiger partial charge < -0.3 is 0 Å². The van der Waals surface area contributed by atoms with E-state index in [1.807, 2.05) is 0 Å². The van der Waals surface area contributed by atoms with E-state index in [0.29, 0.717) is 0 Å². The third-order valence-corrected chi connectivity index (χ3v) is 4.68. The molecule has 0 bridgehead atoms. The average molecular weight is 333 g/mol. The molecule has 0 radical (unpaired) electrons. The monoisotopic (exact) mass is 332 g/mol. The fraction of sp³-hybridized carbons (Fsp3) is 0.217. The Morgan fingerprint density at radius 1 is 0.542 bits per heavy atom. The van der Waals surface area contributed by atoms with E-state index in [9.17, 15) is 0 Å². The second kappa shape index (κ2) is 6.86. The van der Waals surface area contributed by atoms with E-state index in [2.05, 4.69) is 101 Å². The molecule has 24 heavy (non-hydrogen) atoms. The Bertz CT molecular complexity index is 768. The lowest BCUT2D eigenvalue weighted by Crippen LogP contribution is -2.05. The maximum Gasteiger partial charge on any atom is 0.0340 e. The van der Waals surface area contributed by atoms with Crippen LogP contribution in [-0.4, -0.2) is 0 Å². The lowest BCUT2D eigenvalue weighted by molar-refractivity contribution is 0.962. The van der Waals surface area contributed by atoms with Crippen LogP contribution in [0.25, 0.3) is 0 Å². The highest BCUT2D eigenvalue weighted by molar-refractivity contribution is 7.80. The Morgan fingerprint density at radius 2 is 0.917 bits per heavy atom. The minimum absolute atomic E-state index is 0.246. The highest BCUT2D eigenvalue weighted by atomic mass is 32.1. The Hall–Kier alpha value is -1.99. The van der Waals surface area contributed by atoms with Gasteiger partial charge in [0, 0.05) is 10.8 Å². The van der Waals surface area contributed by atoms with Crippen molar-refractivity contribution in [2.75, 3.05) is 0 Å². The van der Waals surface area contributed by atoms with Crippen LogP contribution in [0.2, 0.25) is 0 Å². The van der Waals surface area contributed by atoms with Gasteiger partial charge in [-0.05, 0) is 56.5 Å². The summed E-state index contributed by atoms with van der Waals surface area (Å²) >= 11 is 4.44. The van der Waals surface area contributed by atoms with Gasteiger partial charge in [0.25, 0.3) is 0 Å². The molecular weight excluding hydrogens is 308 g/mol. The fourth-order valence-corrected chi connectivity index (χ4v) is 3.75. The first-order chi connectivity index (χ1) is 11.4. The molecule has 3 aromatic carbocycles. The first-order valence-corrected chi connectivity index (χ1v) is 8.82. The highest BCUT2D eigenvalue weighted by Crippen LogP contribution is 2.34. The molecule has 0 unspecified atom stereocenters. The summed E-state index contributed by atoms with van der Waals surface area (Å²) in [5, 5.41) is 0. The van der Waals surface area contributed by atoms with Crippen LogP contribution in [0.5, 0.6) is 0 Å². The predicted molar refractivity (Wildman–Crippen MR) is 106 cm³/mol. The van der Waals surface area contributed by atoms with Crippen LogP contribution in [0.4, 0.5) is 0 Å². The molecule has 122 valence electrons. The summed E-state index contributed by atoms with van der Waals surface area (Å²) in [6, 6.07) is 22.3. The predicted octanol–water partition coefficient (Wildman–Crippen LogP) is 6.39. The smallest absolute Gasteiger partial charge is 0.0340 e. The molecular formula is C23H24S. The van der Waals surface area contributed by atoms with Gasteiger partial charge in [-0.3, -0.25) is 0 Å². The van der Waals surface area contributed by atoms with Crippen molar-refractivity contribution in [1.82, 2.24) is 0 Å². The SMILES string of the molecule is Cc1cc(C)cc(C(c2ccc(S)cc2)c2cc(C)cc(C)c2)c1. The third-order valence-electron chi connectivity index (χ3n) is 4.38. The number of hydrogen-bond donors (Lipinski definition) is 1. The summed E-state index contributed by atoms with van der Waals surface area (Å²) < 4.78 is 0. The van der Waals surface area contributed by atoms with E-state index in [4.69, 9.17) is 0 Å². The number of thiol groups is 1. The van der Waals surface area contributed by atoms with Gasteiger partial charge in [0.2, 0.25) is 0 Å². The Labute approximate surface area is 151 Å². The normalized spacial score (nSPS) is 11.1. The van der Waals surface area contributed by atoms with Gasteiger partial charge in [0.05, 0.1) is 0 Å². The Balaban J connectivity index is 2.21. The topological polar surface area (TPSA) is 0 Å². The maximum atomic E-state index is 4.44. The number of hydrogen-bond acceptors (Lipinski definition) is 1. The van der Waals surface area contributed by atoms with Gasteiger partial charge in [-0.1, -0.05) is 70.8 Å². The van der Waals surface area contributed by atoms with E-state index in [1.54, 1.807) is 0 Å².